The molecule has 7 nitrogen and oxygen atoms in total. The van der Waals surface area contributed by atoms with Crippen molar-refractivity contribution < 1.29 is 19.2 Å². The van der Waals surface area contributed by atoms with Gasteiger partial charge in [-0.25, -0.2) is 0 Å². The number of hydrogen-bond donors (Lipinski definition) is 1. The Balaban J connectivity index is 1.54. The fraction of sp³-hybridized carbons (Fsp3) is 0.278. The Morgan fingerprint density at radius 1 is 1.20 bits per heavy atom. The lowest BCUT2D eigenvalue weighted by Gasteiger charge is -2.12. The zero-order valence-corrected chi connectivity index (χ0v) is 13.5. The van der Waals surface area contributed by atoms with Gasteiger partial charge in [0.15, 0.2) is 0 Å². The van der Waals surface area contributed by atoms with Crippen molar-refractivity contribution in [1.29, 1.82) is 0 Å². The van der Waals surface area contributed by atoms with Gasteiger partial charge < -0.3 is 14.8 Å². The summed E-state index contributed by atoms with van der Waals surface area (Å²) in [5.74, 6) is 0.381. The Morgan fingerprint density at radius 2 is 1.92 bits per heavy atom. The van der Waals surface area contributed by atoms with E-state index >= 15 is 0 Å². The van der Waals surface area contributed by atoms with E-state index in [-0.39, 0.29) is 17.7 Å². The monoisotopic (exact) mass is 342 g/mol. The second-order valence-corrected chi connectivity index (χ2v) is 5.73. The lowest BCUT2D eigenvalue weighted by molar-refractivity contribution is -0.384. The molecular weight excluding hydrogens is 324 g/mol. The summed E-state index contributed by atoms with van der Waals surface area (Å²) in [6.07, 6.45) is 2.24. The zero-order valence-electron chi connectivity index (χ0n) is 13.5. The Hall–Kier alpha value is -2.93. The van der Waals surface area contributed by atoms with Gasteiger partial charge in [0, 0.05) is 30.0 Å². The van der Waals surface area contributed by atoms with Crippen LogP contribution in [0, 0.1) is 10.1 Å². The van der Waals surface area contributed by atoms with Gasteiger partial charge in [0.2, 0.25) is 0 Å². The van der Waals surface area contributed by atoms with E-state index in [0.717, 1.165) is 19.4 Å². The van der Waals surface area contributed by atoms with Crippen molar-refractivity contribution >= 4 is 17.3 Å². The normalized spacial score (nSPS) is 16.4. The van der Waals surface area contributed by atoms with Gasteiger partial charge in [-0.2, -0.15) is 0 Å². The number of nitro benzene ring substituents is 1. The van der Waals surface area contributed by atoms with Gasteiger partial charge in [0.25, 0.3) is 11.6 Å². The summed E-state index contributed by atoms with van der Waals surface area (Å²) in [5, 5.41) is 13.4. The van der Waals surface area contributed by atoms with E-state index in [0.29, 0.717) is 23.6 Å². The van der Waals surface area contributed by atoms with Crippen LogP contribution in [0.15, 0.2) is 48.5 Å². The molecule has 1 N–H and O–H groups in total. The maximum absolute atomic E-state index is 12.2. The van der Waals surface area contributed by atoms with Gasteiger partial charge in [-0.1, -0.05) is 0 Å². The van der Waals surface area contributed by atoms with Crippen LogP contribution in [0.1, 0.15) is 23.2 Å². The Morgan fingerprint density at radius 3 is 2.52 bits per heavy atom. The third-order valence-electron chi connectivity index (χ3n) is 3.91. The van der Waals surface area contributed by atoms with Gasteiger partial charge in [-0.15, -0.1) is 0 Å². The quantitative estimate of drug-likeness (QED) is 0.642. The van der Waals surface area contributed by atoms with Crippen molar-refractivity contribution in [3.05, 3.63) is 64.2 Å². The summed E-state index contributed by atoms with van der Waals surface area (Å²) in [4.78, 5) is 22.3. The van der Waals surface area contributed by atoms with Crippen molar-refractivity contribution in [2.75, 3.05) is 18.5 Å². The summed E-state index contributed by atoms with van der Waals surface area (Å²) >= 11 is 0. The molecule has 0 radical (unpaired) electrons. The molecule has 2 aromatic carbocycles. The molecule has 0 bridgehead atoms. The summed E-state index contributed by atoms with van der Waals surface area (Å²) < 4.78 is 11.2. The molecule has 130 valence electrons. The smallest absolute Gasteiger partial charge is 0.269 e. The van der Waals surface area contributed by atoms with Crippen LogP contribution in [0.3, 0.4) is 0 Å². The molecule has 7 heteroatoms. The number of non-ortho nitro benzene ring substituents is 1. The number of carbonyl (C=O) groups is 1. The minimum absolute atomic E-state index is 0.0516. The summed E-state index contributed by atoms with van der Waals surface area (Å²) in [6, 6.07) is 12.5. The predicted octanol–water partition coefficient (Wildman–Crippen LogP) is 3.40. The summed E-state index contributed by atoms with van der Waals surface area (Å²) in [7, 11) is 0. The van der Waals surface area contributed by atoms with Crippen LogP contribution in [-0.2, 0) is 4.74 Å². The number of benzene rings is 2. The van der Waals surface area contributed by atoms with Crippen molar-refractivity contribution in [3.8, 4) is 5.75 Å². The minimum atomic E-state index is -0.503. The molecule has 0 unspecified atom stereocenters. The first-order chi connectivity index (χ1) is 12.1. The molecule has 1 aliphatic rings. The number of nitrogens with one attached hydrogen (secondary N) is 1. The fourth-order valence-corrected chi connectivity index (χ4v) is 2.54. The number of anilines is 1. The zero-order chi connectivity index (χ0) is 17.6. The molecule has 1 amide bonds. The molecule has 1 fully saturated rings. The molecule has 1 atom stereocenters. The number of ether oxygens (including phenoxy) is 2. The molecule has 0 spiro atoms. The molecule has 25 heavy (non-hydrogen) atoms. The number of amides is 1. The molecule has 0 saturated carbocycles. The van der Waals surface area contributed by atoms with Crippen LogP contribution in [0.4, 0.5) is 11.4 Å². The maximum atomic E-state index is 12.2. The van der Waals surface area contributed by atoms with Crippen molar-refractivity contribution in [1.82, 2.24) is 0 Å². The van der Waals surface area contributed by atoms with Crippen LogP contribution >= 0.6 is 0 Å². The molecule has 1 heterocycles. The van der Waals surface area contributed by atoms with Crippen LogP contribution in [0.2, 0.25) is 0 Å². The van der Waals surface area contributed by atoms with Crippen LogP contribution < -0.4 is 10.1 Å². The first-order valence-corrected chi connectivity index (χ1v) is 8.02. The summed E-state index contributed by atoms with van der Waals surface area (Å²) in [6.45, 7) is 1.32. The Bertz CT molecular complexity index is 737. The van der Waals surface area contributed by atoms with E-state index in [2.05, 4.69) is 5.32 Å². The van der Waals surface area contributed by atoms with Crippen molar-refractivity contribution in [2.24, 2.45) is 0 Å². The lowest BCUT2D eigenvalue weighted by atomic mass is 10.2. The van der Waals surface area contributed by atoms with E-state index in [9.17, 15) is 14.9 Å². The third-order valence-corrected chi connectivity index (χ3v) is 3.91. The van der Waals surface area contributed by atoms with E-state index in [1.165, 1.54) is 24.3 Å². The minimum Gasteiger partial charge on any atom is -0.491 e. The molecule has 0 aromatic heterocycles. The van der Waals surface area contributed by atoms with Gasteiger partial charge in [0.05, 0.1) is 11.0 Å². The van der Waals surface area contributed by atoms with Crippen molar-refractivity contribution in [2.45, 2.75) is 18.9 Å². The number of hydrogen-bond acceptors (Lipinski definition) is 5. The lowest BCUT2D eigenvalue weighted by Crippen LogP contribution is -2.16. The predicted molar refractivity (Wildman–Crippen MR) is 92.0 cm³/mol. The van der Waals surface area contributed by atoms with Crippen molar-refractivity contribution in [3.63, 3.8) is 0 Å². The molecule has 1 saturated heterocycles. The molecular formula is C18H18N2O5. The standard InChI is InChI=1S/C18H18N2O5/c21-18(13-3-7-15(8-4-13)20(22)23)19-14-5-9-16(10-6-14)25-12-17-2-1-11-24-17/h3-10,17H,1-2,11-12H2,(H,19,21)/t17-/m0/s1. The van der Waals surface area contributed by atoms with E-state index in [4.69, 9.17) is 9.47 Å². The highest BCUT2D eigenvalue weighted by molar-refractivity contribution is 6.04. The van der Waals surface area contributed by atoms with E-state index < -0.39 is 4.92 Å². The highest BCUT2D eigenvalue weighted by Gasteiger charge is 2.16. The SMILES string of the molecule is O=C(Nc1ccc(OC[C@@H]2CCCO2)cc1)c1ccc([N+](=O)[O-])cc1. The molecule has 1 aliphatic heterocycles. The number of carbonyl (C=O) groups excluding carboxylic acids is 1. The number of rotatable bonds is 6. The average molecular weight is 342 g/mol. The number of nitro groups is 1. The van der Waals surface area contributed by atoms with E-state index in [1.54, 1.807) is 24.3 Å². The van der Waals surface area contributed by atoms with E-state index in [1.807, 2.05) is 0 Å². The fourth-order valence-electron chi connectivity index (χ4n) is 2.54. The first kappa shape index (κ1) is 16.9. The molecule has 0 aliphatic carbocycles. The molecule has 3 rings (SSSR count). The van der Waals surface area contributed by atoms with Gasteiger partial charge in [-0.05, 0) is 49.2 Å². The van der Waals surface area contributed by atoms with Crippen LogP contribution in [0.5, 0.6) is 5.75 Å². The summed E-state index contributed by atoms with van der Waals surface area (Å²) in [5.41, 5.74) is 0.918. The average Bonchev–Trinajstić information content (AvgIpc) is 3.15. The highest BCUT2D eigenvalue weighted by Crippen LogP contribution is 2.19. The highest BCUT2D eigenvalue weighted by atomic mass is 16.6. The third kappa shape index (κ3) is 4.54. The van der Waals surface area contributed by atoms with Crippen LogP contribution in [-0.4, -0.2) is 30.1 Å². The van der Waals surface area contributed by atoms with Crippen LogP contribution in [0.25, 0.3) is 0 Å². The van der Waals surface area contributed by atoms with Gasteiger partial charge in [0.1, 0.15) is 12.4 Å². The second-order valence-electron chi connectivity index (χ2n) is 5.73. The van der Waals surface area contributed by atoms with Gasteiger partial charge in [-0.3, -0.25) is 14.9 Å². The maximum Gasteiger partial charge on any atom is 0.269 e. The first-order valence-electron chi connectivity index (χ1n) is 8.02. The largest absolute Gasteiger partial charge is 0.491 e. The topological polar surface area (TPSA) is 90.7 Å². The number of nitrogens with zero attached hydrogens (tertiary/aromatic N) is 1. The van der Waals surface area contributed by atoms with Gasteiger partial charge >= 0.3 is 0 Å². The Labute approximate surface area is 144 Å². The second kappa shape index (κ2) is 7.76. The Kier molecular flexibility index (Phi) is 5.25. The molecule has 2 aromatic rings.